The maximum absolute atomic E-state index is 11.6. The quantitative estimate of drug-likeness (QED) is 0.845. The first-order chi connectivity index (χ1) is 8.67. The second-order valence-corrected chi connectivity index (χ2v) is 4.72. The number of rotatable bonds is 2. The predicted molar refractivity (Wildman–Crippen MR) is 76.5 cm³/mol. The van der Waals surface area contributed by atoms with Crippen LogP contribution in [0.3, 0.4) is 0 Å². The van der Waals surface area contributed by atoms with E-state index in [9.17, 15) is 4.79 Å². The Morgan fingerprint density at radius 2 is 2.00 bits per heavy atom. The number of halogens is 1. The highest BCUT2D eigenvalue weighted by Crippen LogP contribution is 2.27. The molecule has 0 bridgehead atoms. The van der Waals surface area contributed by atoms with Crippen LogP contribution in [0.15, 0.2) is 35.3 Å². The summed E-state index contributed by atoms with van der Waals surface area (Å²) in [4.78, 5) is 14.2. The molecule has 2 aromatic rings. The molecule has 0 aliphatic heterocycles. The highest BCUT2D eigenvalue weighted by Gasteiger charge is 2.12. The van der Waals surface area contributed by atoms with Gasteiger partial charge in [0.2, 0.25) is 0 Å². The lowest BCUT2D eigenvalue weighted by atomic mass is 10.0. The molecule has 90 valence electrons. The number of ether oxygens (including phenoxy) is 1. The minimum atomic E-state index is -0.372. The third-order valence-electron chi connectivity index (χ3n) is 2.54. The summed E-state index contributed by atoms with van der Waals surface area (Å²) in [6.07, 6.45) is 1.60. The lowest BCUT2D eigenvalue weighted by Crippen LogP contribution is -2.12. The molecule has 1 N–H and O–H groups in total. The average molecular weight is 352 g/mol. The average Bonchev–Trinajstić information content (AvgIpc) is 2.41. The summed E-state index contributed by atoms with van der Waals surface area (Å²) in [6.45, 7) is 0. The molecule has 0 saturated heterocycles. The van der Waals surface area contributed by atoms with Gasteiger partial charge in [0.15, 0.2) is 0 Å². The number of nitrogens with one attached hydrogen (secondary N) is 1. The van der Waals surface area contributed by atoms with Gasteiger partial charge in [-0.05, 0) is 40.3 Å². The fraction of sp³-hybridized carbons (Fsp3) is 0.0769. The summed E-state index contributed by atoms with van der Waals surface area (Å²) in [5.41, 5.74) is 1.24. The van der Waals surface area contributed by atoms with E-state index in [2.05, 4.69) is 27.6 Å². The number of hydrogen-bond acceptors (Lipinski definition) is 3. The van der Waals surface area contributed by atoms with Gasteiger partial charge < -0.3 is 9.72 Å². The van der Waals surface area contributed by atoms with Crippen LogP contribution in [-0.2, 0) is 0 Å². The Hall–Kier alpha value is -1.81. The molecule has 4 nitrogen and oxygen atoms in total. The van der Waals surface area contributed by atoms with Gasteiger partial charge in [-0.2, -0.15) is 5.26 Å². The number of hydrogen-bond donors (Lipinski definition) is 1. The Labute approximate surface area is 117 Å². The zero-order valence-electron chi connectivity index (χ0n) is 9.53. The van der Waals surface area contributed by atoms with E-state index in [1.54, 1.807) is 25.4 Å². The molecule has 18 heavy (non-hydrogen) atoms. The van der Waals surface area contributed by atoms with E-state index in [1.807, 2.05) is 18.2 Å². The summed E-state index contributed by atoms with van der Waals surface area (Å²) in [5, 5.41) is 9.09. The van der Waals surface area contributed by atoms with Crippen molar-refractivity contribution in [3.63, 3.8) is 0 Å². The van der Waals surface area contributed by atoms with Gasteiger partial charge in [-0.1, -0.05) is 12.1 Å². The molecule has 0 spiro atoms. The van der Waals surface area contributed by atoms with Crippen LogP contribution in [0.1, 0.15) is 5.56 Å². The van der Waals surface area contributed by atoms with Crippen molar-refractivity contribution in [3.8, 4) is 22.9 Å². The van der Waals surface area contributed by atoms with Crippen LogP contribution >= 0.6 is 22.6 Å². The summed E-state index contributed by atoms with van der Waals surface area (Å²) in [7, 11) is 1.59. The molecular weight excluding hydrogens is 343 g/mol. The molecule has 0 radical (unpaired) electrons. The van der Waals surface area contributed by atoms with Gasteiger partial charge in [0.05, 0.1) is 7.11 Å². The molecule has 0 fully saturated rings. The second-order valence-electron chi connectivity index (χ2n) is 3.56. The molecule has 0 saturated carbocycles. The fourth-order valence-electron chi connectivity index (χ4n) is 1.65. The normalized spacial score (nSPS) is 9.83. The minimum Gasteiger partial charge on any atom is -0.497 e. The predicted octanol–water partition coefficient (Wildman–Crippen LogP) is 2.53. The van der Waals surface area contributed by atoms with E-state index >= 15 is 0 Å². The molecule has 0 aliphatic rings. The SMILES string of the molecule is COc1ccc(-c2c(I)c[nH]c(=O)c2C#N)cc1. The van der Waals surface area contributed by atoms with Crippen LogP contribution < -0.4 is 10.3 Å². The highest BCUT2D eigenvalue weighted by molar-refractivity contribution is 14.1. The molecule has 1 heterocycles. The number of H-pyrrole nitrogens is 1. The lowest BCUT2D eigenvalue weighted by Gasteiger charge is -2.07. The Morgan fingerprint density at radius 1 is 1.33 bits per heavy atom. The minimum absolute atomic E-state index is 0.132. The maximum atomic E-state index is 11.6. The van der Waals surface area contributed by atoms with Gasteiger partial charge in [-0.3, -0.25) is 4.79 Å². The lowest BCUT2D eigenvalue weighted by molar-refractivity contribution is 0.415. The number of nitriles is 1. The van der Waals surface area contributed by atoms with Crippen molar-refractivity contribution < 1.29 is 4.74 Å². The molecule has 1 aromatic carbocycles. The van der Waals surface area contributed by atoms with Crippen LogP contribution in [-0.4, -0.2) is 12.1 Å². The van der Waals surface area contributed by atoms with Crippen molar-refractivity contribution in [1.29, 1.82) is 5.26 Å². The van der Waals surface area contributed by atoms with Gasteiger partial charge in [0.1, 0.15) is 17.4 Å². The van der Waals surface area contributed by atoms with Gasteiger partial charge in [0, 0.05) is 15.3 Å². The van der Waals surface area contributed by atoms with E-state index in [-0.39, 0.29) is 11.1 Å². The Bertz CT molecular complexity index is 669. The van der Waals surface area contributed by atoms with Gasteiger partial charge >= 0.3 is 0 Å². The zero-order valence-corrected chi connectivity index (χ0v) is 11.7. The smallest absolute Gasteiger partial charge is 0.266 e. The van der Waals surface area contributed by atoms with Crippen molar-refractivity contribution in [1.82, 2.24) is 4.98 Å². The standard InChI is InChI=1S/C13H9IN2O2/c1-18-9-4-2-8(3-5-9)12-10(6-15)13(17)16-7-11(12)14/h2-5,7H,1H3,(H,16,17). The van der Waals surface area contributed by atoms with Crippen molar-refractivity contribution in [3.05, 3.63) is 49.9 Å². The topological polar surface area (TPSA) is 65.9 Å². The Balaban J connectivity index is 2.67. The van der Waals surface area contributed by atoms with E-state index < -0.39 is 0 Å². The van der Waals surface area contributed by atoms with Gasteiger partial charge in [0.25, 0.3) is 5.56 Å². The van der Waals surface area contributed by atoms with Gasteiger partial charge in [-0.15, -0.1) is 0 Å². The van der Waals surface area contributed by atoms with Gasteiger partial charge in [-0.25, -0.2) is 0 Å². The molecule has 1 aromatic heterocycles. The number of aromatic amines is 1. The highest BCUT2D eigenvalue weighted by atomic mass is 127. The second kappa shape index (κ2) is 5.23. The molecule has 0 unspecified atom stereocenters. The summed E-state index contributed by atoms with van der Waals surface area (Å²) in [6, 6.07) is 9.21. The number of methoxy groups -OCH3 is 1. The van der Waals surface area contributed by atoms with E-state index in [0.717, 1.165) is 14.9 Å². The molecular formula is C13H9IN2O2. The van der Waals surface area contributed by atoms with Crippen molar-refractivity contribution in [2.45, 2.75) is 0 Å². The summed E-state index contributed by atoms with van der Waals surface area (Å²) >= 11 is 2.09. The van der Waals surface area contributed by atoms with Crippen LogP contribution in [0.5, 0.6) is 5.75 Å². The molecule has 0 atom stereocenters. The number of nitrogens with zero attached hydrogens (tertiary/aromatic N) is 1. The number of benzene rings is 1. The largest absolute Gasteiger partial charge is 0.497 e. The van der Waals surface area contributed by atoms with Crippen molar-refractivity contribution in [2.75, 3.05) is 7.11 Å². The van der Waals surface area contributed by atoms with Crippen molar-refractivity contribution in [2.24, 2.45) is 0 Å². The first kappa shape index (κ1) is 12.6. The van der Waals surface area contributed by atoms with E-state index in [4.69, 9.17) is 10.00 Å². The molecule has 5 heteroatoms. The van der Waals surface area contributed by atoms with Crippen LogP contribution in [0.25, 0.3) is 11.1 Å². The third kappa shape index (κ3) is 2.24. The van der Waals surface area contributed by atoms with E-state index in [0.29, 0.717) is 5.56 Å². The van der Waals surface area contributed by atoms with Crippen LogP contribution in [0.2, 0.25) is 0 Å². The number of aromatic nitrogens is 1. The summed E-state index contributed by atoms with van der Waals surface area (Å²) < 4.78 is 5.91. The van der Waals surface area contributed by atoms with Crippen molar-refractivity contribution >= 4 is 22.6 Å². The number of pyridine rings is 1. The first-order valence-corrected chi connectivity index (χ1v) is 6.21. The first-order valence-electron chi connectivity index (χ1n) is 5.13. The molecule has 2 rings (SSSR count). The van der Waals surface area contributed by atoms with Crippen LogP contribution in [0.4, 0.5) is 0 Å². The van der Waals surface area contributed by atoms with Crippen LogP contribution in [0, 0.1) is 14.9 Å². The summed E-state index contributed by atoms with van der Waals surface area (Å²) in [5.74, 6) is 0.733. The maximum Gasteiger partial charge on any atom is 0.266 e. The molecule has 0 amide bonds. The monoisotopic (exact) mass is 352 g/mol. The zero-order chi connectivity index (χ0) is 13.1. The third-order valence-corrected chi connectivity index (χ3v) is 3.39. The fourth-order valence-corrected chi connectivity index (χ4v) is 2.39. The van der Waals surface area contributed by atoms with E-state index in [1.165, 1.54) is 0 Å². The Morgan fingerprint density at radius 3 is 2.56 bits per heavy atom. The Kier molecular flexibility index (Phi) is 3.67. The molecule has 0 aliphatic carbocycles.